The van der Waals surface area contributed by atoms with Gasteiger partial charge in [0.15, 0.2) is 0 Å². The van der Waals surface area contributed by atoms with Gasteiger partial charge in [-0.1, -0.05) is 0 Å². The minimum absolute atomic E-state index is 0.0780. The number of carboxylic acids is 1. The molecule has 0 bridgehead atoms. The van der Waals surface area contributed by atoms with E-state index < -0.39 is 40.1 Å². The van der Waals surface area contributed by atoms with E-state index in [9.17, 15) is 18.0 Å². The predicted octanol–water partition coefficient (Wildman–Crippen LogP) is -0.714. The highest BCUT2D eigenvalue weighted by molar-refractivity contribution is 7.89. The van der Waals surface area contributed by atoms with Crippen LogP contribution in [0.15, 0.2) is 0 Å². The second-order valence-corrected chi connectivity index (χ2v) is 5.91. The highest BCUT2D eigenvalue weighted by Crippen LogP contribution is 2.21. The van der Waals surface area contributed by atoms with Crippen molar-refractivity contribution in [3.63, 3.8) is 0 Å². The summed E-state index contributed by atoms with van der Waals surface area (Å²) in [6, 6.07) is 0. The monoisotopic (exact) mass is 265 g/mol. The summed E-state index contributed by atoms with van der Waals surface area (Å²) in [7, 11) is -2.33. The van der Waals surface area contributed by atoms with Crippen LogP contribution in [0.5, 0.6) is 0 Å². The molecule has 1 fully saturated rings. The Bertz CT molecular complexity index is 404. The molecule has 0 aliphatic carbocycles. The third-order valence-corrected chi connectivity index (χ3v) is 4.49. The van der Waals surface area contributed by atoms with E-state index in [1.54, 1.807) is 0 Å². The van der Waals surface area contributed by atoms with Gasteiger partial charge in [-0.05, 0) is 6.42 Å². The molecule has 1 saturated heterocycles. The van der Waals surface area contributed by atoms with Crippen molar-refractivity contribution in [2.45, 2.75) is 12.8 Å². The van der Waals surface area contributed by atoms with E-state index in [1.165, 1.54) is 7.11 Å². The van der Waals surface area contributed by atoms with Crippen molar-refractivity contribution >= 4 is 22.0 Å². The zero-order valence-corrected chi connectivity index (χ0v) is 10.3. The molecule has 0 aromatic heterocycles. The number of carbonyl (C=O) groups excluding carboxylic acids is 1. The van der Waals surface area contributed by atoms with Crippen molar-refractivity contribution in [1.29, 1.82) is 0 Å². The Morgan fingerprint density at radius 3 is 2.65 bits per heavy atom. The summed E-state index contributed by atoms with van der Waals surface area (Å²) in [5.74, 6) is -2.46. The van der Waals surface area contributed by atoms with Crippen LogP contribution in [0, 0.1) is 5.92 Å². The number of methoxy groups -OCH3 is 1. The molecule has 0 aromatic rings. The normalized spacial score (nSPS) is 21.4. The molecule has 1 aliphatic rings. The van der Waals surface area contributed by atoms with Crippen LogP contribution in [0.3, 0.4) is 0 Å². The van der Waals surface area contributed by atoms with Crippen LogP contribution < -0.4 is 0 Å². The second-order valence-electron chi connectivity index (χ2n) is 3.83. The van der Waals surface area contributed by atoms with Gasteiger partial charge in [-0.15, -0.1) is 0 Å². The molecule has 1 heterocycles. The molecule has 1 N–H and O–H groups in total. The van der Waals surface area contributed by atoms with E-state index in [0.29, 0.717) is 6.42 Å². The van der Waals surface area contributed by atoms with E-state index >= 15 is 0 Å². The first-order valence-electron chi connectivity index (χ1n) is 5.14. The molecule has 8 heteroatoms. The quantitative estimate of drug-likeness (QED) is 0.659. The van der Waals surface area contributed by atoms with Crippen molar-refractivity contribution < 1.29 is 27.9 Å². The minimum Gasteiger partial charge on any atom is -0.481 e. The molecule has 7 nitrogen and oxygen atoms in total. The lowest BCUT2D eigenvalue weighted by molar-refractivity contribution is -0.144. The molecule has 0 spiro atoms. The fourth-order valence-electron chi connectivity index (χ4n) is 1.69. The first-order chi connectivity index (χ1) is 7.86. The molecule has 1 atom stereocenters. The number of ether oxygens (including phenoxy) is 1. The van der Waals surface area contributed by atoms with Crippen molar-refractivity contribution in [3.05, 3.63) is 0 Å². The first kappa shape index (κ1) is 13.9. The van der Waals surface area contributed by atoms with Gasteiger partial charge >= 0.3 is 11.9 Å². The van der Waals surface area contributed by atoms with Gasteiger partial charge in [-0.3, -0.25) is 9.59 Å². The third kappa shape index (κ3) is 3.67. The van der Waals surface area contributed by atoms with Gasteiger partial charge in [0.2, 0.25) is 10.0 Å². The lowest BCUT2D eigenvalue weighted by atomic mass is 10.1. The minimum atomic E-state index is -3.59. The van der Waals surface area contributed by atoms with Crippen LogP contribution in [0.1, 0.15) is 12.8 Å². The van der Waals surface area contributed by atoms with Crippen LogP contribution in [0.25, 0.3) is 0 Å². The van der Waals surface area contributed by atoms with Crippen LogP contribution in [-0.4, -0.2) is 55.7 Å². The number of hydrogen-bond acceptors (Lipinski definition) is 5. The standard InChI is InChI=1S/C9H15NO6S/c1-16-9(13)7-2-4-10(6-7)17(14,15)5-3-8(11)12/h7H,2-6H2,1H3,(H,11,12). The Labute approximate surface area is 99.4 Å². The average molecular weight is 265 g/mol. The Morgan fingerprint density at radius 1 is 1.47 bits per heavy atom. The summed E-state index contributed by atoms with van der Waals surface area (Å²) >= 11 is 0. The summed E-state index contributed by atoms with van der Waals surface area (Å²) in [4.78, 5) is 21.5. The van der Waals surface area contributed by atoms with Gasteiger partial charge in [0.25, 0.3) is 0 Å². The number of aliphatic carboxylic acids is 1. The Kier molecular flexibility index (Phi) is 4.47. The Balaban J connectivity index is 2.58. The van der Waals surface area contributed by atoms with Crippen molar-refractivity contribution in [1.82, 2.24) is 4.31 Å². The molecule has 1 aliphatic heterocycles. The summed E-state index contributed by atoms with van der Waals surface area (Å²) in [5, 5.41) is 8.44. The lowest BCUT2D eigenvalue weighted by Crippen LogP contribution is -2.32. The van der Waals surface area contributed by atoms with Crippen molar-refractivity contribution in [3.8, 4) is 0 Å². The second kappa shape index (κ2) is 5.46. The van der Waals surface area contributed by atoms with Crippen LogP contribution in [0.2, 0.25) is 0 Å². The molecule has 98 valence electrons. The van der Waals surface area contributed by atoms with Crippen molar-refractivity contribution in [2.24, 2.45) is 5.92 Å². The molecule has 0 saturated carbocycles. The highest BCUT2D eigenvalue weighted by Gasteiger charge is 2.35. The van der Waals surface area contributed by atoms with Crippen LogP contribution >= 0.6 is 0 Å². The van der Waals surface area contributed by atoms with Gasteiger partial charge in [0, 0.05) is 13.1 Å². The van der Waals surface area contributed by atoms with E-state index in [2.05, 4.69) is 4.74 Å². The summed E-state index contributed by atoms with van der Waals surface area (Å²) < 4.78 is 29.1. The number of hydrogen-bond donors (Lipinski definition) is 1. The molecule has 17 heavy (non-hydrogen) atoms. The smallest absolute Gasteiger partial charge is 0.310 e. The van der Waals surface area contributed by atoms with Crippen molar-refractivity contribution in [2.75, 3.05) is 26.0 Å². The largest absolute Gasteiger partial charge is 0.481 e. The predicted molar refractivity (Wildman–Crippen MR) is 57.7 cm³/mol. The lowest BCUT2D eigenvalue weighted by Gasteiger charge is -2.15. The number of nitrogens with zero attached hydrogens (tertiary/aromatic N) is 1. The fourth-order valence-corrected chi connectivity index (χ4v) is 3.17. The van der Waals surface area contributed by atoms with Crippen LogP contribution in [-0.2, 0) is 24.3 Å². The highest BCUT2D eigenvalue weighted by atomic mass is 32.2. The van der Waals surface area contributed by atoms with E-state index in [1.807, 2.05) is 0 Å². The zero-order valence-electron chi connectivity index (χ0n) is 9.46. The summed E-state index contributed by atoms with van der Waals surface area (Å²) in [5.41, 5.74) is 0. The first-order valence-corrected chi connectivity index (χ1v) is 6.75. The number of carboxylic acid groups (broad SMARTS) is 1. The van der Waals surface area contributed by atoms with Gasteiger partial charge in [-0.2, -0.15) is 0 Å². The Morgan fingerprint density at radius 2 is 2.12 bits per heavy atom. The number of carbonyl (C=O) groups is 2. The van der Waals surface area contributed by atoms with Crippen LogP contribution in [0.4, 0.5) is 0 Å². The maximum atomic E-state index is 11.7. The molecule has 0 amide bonds. The fraction of sp³-hybridized carbons (Fsp3) is 0.778. The van der Waals surface area contributed by atoms with Gasteiger partial charge < -0.3 is 9.84 Å². The maximum absolute atomic E-state index is 11.7. The molecule has 1 rings (SSSR count). The Hall–Kier alpha value is -1.15. The molecular weight excluding hydrogens is 250 g/mol. The zero-order chi connectivity index (χ0) is 13.1. The molecule has 0 radical (unpaired) electrons. The van der Waals surface area contributed by atoms with Gasteiger partial charge in [0.05, 0.1) is 25.2 Å². The van der Waals surface area contributed by atoms with E-state index in [-0.39, 0.29) is 13.1 Å². The maximum Gasteiger partial charge on any atom is 0.310 e. The summed E-state index contributed by atoms with van der Waals surface area (Å²) in [6.45, 7) is 0.316. The number of rotatable bonds is 5. The average Bonchev–Trinajstić information content (AvgIpc) is 2.75. The topological polar surface area (TPSA) is 101 Å². The van der Waals surface area contributed by atoms with Gasteiger partial charge in [-0.25, -0.2) is 12.7 Å². The summed E-state index contributed by atoms with van der Waals surface area (Å²) in [6.07, 6.45) is -0.0132. The number of sulfonamides is 1. The molecule has 1 unspecified atom stereocenters. The SMILES string of the molecule is COC(=O)C1CCN(S(=O)(=O)CCC(=O)O)C1. The number of esters is 1. The van der Waals surface area contributed by atoms with E-state index in [4.69, 9.17) is 5.11 Å². The van der Waals surface area contributed by atoms with Gasteiger partial charge in [0.1, 0.15) is 0 Å². The molecular formula is C9H15NO6S. The van der Waals surface area contributed by atoms with E-state index in [0.717, 1.165) is 4.31 Å². The molecule has 0 aromatic carbocycles. The third-order valence-electron chi connectivity index (χ3n) is 2.65.